The molecular formula is C15H25N5. The molecule has 0 saturated carbocycles. The fourth-order valence-corrected chi connectivity index (χ4v) is 2.98. The molecule has 0 radical (unpaired) electrons. The standard InChI is InChI=1S/C15H25N5/c1-15(2,3)20-11-13(12-20)18-7-9-19(10-8-18)14-16-5-4-6-17-14/h4-6,13H,7-12H2,1-3H3. The van der Waals surface area contributed by atoms with E-state index in [1.165, 1.54) is 13.1 Å². The van der Waals surface area contributed by atoms with Gasteiger partial charge in [0.05, 0.1) is 0 Å². The van der Waals surface area contributed by atoms with Gasteiger partial charge in [0.2, 0.25) is 5.95 Å². The Hall–Kier alpha value is -1.20. The fraction of sp³-hybridized carbons (Fsp3) is 0.733. The van der Waals surface area contributed by atoms with Gasteiger partial charge in [0.25, 0.3) is 0 Å². The summed E-state index contributed by atoms with van der Waals surface area (Å²) < 4.78 is 0. The van der Waals surface area contributed by atoms with Gasteiger partial charge in [0.15, 0.2) is 0 Å². The predicted molar refractivity (Wildman–Crippen MR) is 80.9 cm³/mol. The molecule has 0 unspecified atom stereocenters. The minimum absolute atomic E-state index is 0.316. The van der Waals surface area contributed by atoms with Gasteiger partial charge in [-0.2, -0.15) is 0 Å². The van der Waals surface area contributed by atoms with Crippen molar-refractivity contribution in [2.24, 2.45) is 0 Å². The molecule has 1 aromatic rings. The lowest BCUT2D eigenvalue weighted by Gasteiger charge is -2.53. The molecule has 0 bridgehead atoms. The van der Waals surface area contributed by atoms with E-state index >= 15 is 0 Å². The van der Waals surface area contributed by atoms with Crippen LogP contribution in [0.4, 0.5) is 5.95 Å². The van der Waals surface area contributed by atoms with Crippen LogP contribution < -0.4 is 4.90 Å². The van der Waals surface area contributed by atoms with Gasteiger partial charge < -0.3 is 4.90 Å². The third-order valence-electron chi connectivity index (χ3n) is 4.48. The molecule has 0 amide bonds. The van der Waals surface area contributed by atoms with Gasteiger partial charge in [-0.25, -0.2) is 9.97 Å². The molecule has 3 heterocycles. The predicted octanol–water partition coefficient (Wildman–Crippen LogP) is 1.08. The fourth-order valence-electron chi connectivity index (χ4n) is 2.98. The summed E-state index contributed by atoms with van der Waals surface area (Å²) in [5.74, 6) is 0.872. The SMILES string of the molecule is CC(C)(C)N1CC(N2CCN(c3ncccn3)CC2)C1. The molecule has 0 aromatic carbocycles. The van der Waals surface area contributed by atoms with E-state index in [4.69, 9.17) is 0 Å². The molecule has 110 valence electrons. The Bertz CT molecular complexity index is 427. The summed E-state index contributed by atoms with van der Waals surface area (Å²) >= 11 is 0. The Kier molecular flexibility index (Phi) is 3.65. The minimum Gasteiger partial charge on any atom is -0.338 e. The molecular weight excluding hydrogens is 250 g/mol. The number of hydrogen-bond donors (Lipinski definition) is 0. The van der Waals surface area contributed by atoms with Crippen LogP contribution in [0.3, 0.4) is 0 Å². The number of aromatic nitrogens is 2. The third kappa shape index (κ3) is 2.79. The van der Waals surface area contributed by atoms with Crippen LogP contribution in [0.1, 0.15) is 20.8 Å². The number of anilines is 1. The average Bonchev–Trinajstić information content (AvgIpc) is 2.37. The first kappa shape index (κ1) is 13.8. The van der Waals surface area contributed by atoms with Crippen molar-refractivity contribution in [3.8, 4) is 0 Å². The molecule has 5 heteroatoms. The zero-order valence-corrected chi connectivity index (χ0v) is 12.8. The number of hydrogen-bond acceptors (Lipinski definition) is 5. The van der Waals surface area contributed by atoms with Crippen LogP contribution in [0.15, 0.2) is 18.5 Å². The van der Waals surface area contributed by atoms with Crippen molar-refractivity contribution < 1.29 is 0 Å². The van der Waals surface area contributed by atoms with Gasteiger partial charge in [0, 0.05) is 63.2 Å². The molecule has 0 N–H and O–H groups in total. The quantitative estimate of drug-likeness (QED) is 0.807. The summed E-state index contributed by atoms with van der Waals surface area (Å²) in [5, 5.41) is 0. The molecule has 1 aromatic heterocycles. The van der Waals surface area contributed by atoms with Crippen molar-refractivity contribution in [2.75, 3.05) is 44.2 Å². The summed E-state index contributed by atoms with van der Waals surface area (Å²) in [6.45, 7) is 13.7. The van der Waals surface area contributed by atoms with Gasteiger partial charge in [-0.15, -0.1) is 0 Å². The molecule has 2 aliphatic heterocycles. The summed E-state index contributed by atoms with van der Waals surface area (Å²) in [5.41, 5.74) is 0.316. The maximum Gasteiger partial charge on any atom is 0.225 e. The van der Waals surface area contributed by atoms with Crippen LogP contribution >= 0.6 is 0 Å². The first-order chi connectivity index (χ1) is 9.54. The molecule has 0 atom stereocenters. The number of likely N-dealkylation sites (tertiary alicyclic amines) is 1. The normalized spacial score (nSPS) is 22.9. The van der Waals surface area contributed by atoms with E-state index < -0.39 is 0 Å². The first-order valence-corrected chi connectivity index (χ1v) is 7.55. The van der Waals surface area contributed by atoms with Crippen LogP contribution in [0, 0.1) is 0 Å². The van der Waals surface area contributed by atoms with Gasteiger partial charge in [-0.05, 0) is 26.8 Å². The average molecular weight is 275 g/mol. The molecule has 2 fully saturated rings. The van der Waals surface area contributed by atoms with Gasteiger partial charge >= 0.3 is 0 Å². The Labute approximate surface area is 121 Å². The van der Waals surface area contributed by atoms with E-state index in [0.29, 0.717) is 5.54 Å². The van der Waals surface area contributed by atoms with E-state index in [2.05, 4.69) is 45.4 Å². The van der Waals surface area contributed by atoms with Crippen molar-refractivity contribution in [2.45, 2.75) is 32.4 Å². The van der Waals surface area contributed by atoms with Crippen molar-refractivity contribution in [1.82, 2.24) is 19.8 Å². The maximum absolute atomic E-state index is 4.34. The molecule has 0 aliphatic carbocycles. The maximum atomic E-state index is 4.34. The number of piperazine rings is 1. The van der Waals surface area contributed by atoms with Crippen molar-refractivity contribution >= 4 is 5.95 Å². The largest absolute Gasteiger partial charge is 0.338 e. The number of rotatable bonds is 2. The summed E-state index contributed by atoms with van der Waals surface area (Å²) in [6.07, 6.45) is 3.64. The topological polar surface area (TPSA) is 35.5 Å². The second-order valence-corrected chi connectivity index (χ2v) is 6.80. The second kappa shape index (κ2) is 5.30. The van der Waals surface area contributed by atoms with E-state index in [-0.39, 0.29) is 0 Å². The number of nitrogens with zero attached hydrogens (tertiary/aromatic N) is 5. The highest BCUT2D eigenvalue weighted by Crippen LogP contribution is 2.25. The third-order valence-corrected chi connectivity index (χ3v) is 4.48. The summed E-state index contributed by atoms with van der Waals surface area (Å²) in [4.78, 5) is 16.2. The smallest absolute Gasteiger partial charge is 0.225 e. The zero-order chi connectivity index (χ0) is 14.2. The lowest BCUT2D eigenvalue weighted by molar-refractivity contribution is -0.0238. The highest BCUT2D eigenvalue weighted by Gasteiger charge is 2.38. The Morgan fingerprint density at radius 2 is 1.60 bits per heavy atom. The molecule has 2 saturated heterocycles. The van der Waals surface area contributed by atoms with Gasteiger partial charge in [-0.3, -0.25) is 9.80 Å². The van der Waals surface area contributed by atoms with Crippen molar-refractivity contribution in [1.29, 1.82) is 0 Å². The van der Waals surface area contributed by atoms with Gasteiger partial charge in [0.1, 0.15) is 0 Å². The zero-order valence-electron chi connectivity index (χ0n) is 12.8. The Morgan fingerprint density at radius 1 is 1.00 bits per heavy atom. The van der Waals surface area contributed by atoms with E-state index in [0.717, 1.165) is 38.2 Å². The van der Waals surface area contributed by atoms with Crippen LogP contribution in [0.5, 0.6) is 0 Å². The minimum atomic E-state index is 0.316. The van der Waals surface area contributed by atoms with E-state index in [1.54, 1.807) is 0 Å². The van der Waals surface area contributed by atoms with Gasteiger partial charge in [-0.1, -0.05) is 0 Å². The molecule has 2 aliphatic rings. The van der Waals surface area contributed by atoms with E-state index in [1.807, 2.05) is 18.5 Å². The summed E-state index contributed by atoms with van der Waals surface area (Å²) in [6, 6.07) is 2.61. The first-order valence-electron chi connectivity index (χ1n) is 7.55. The molecule has 20 heavy (non-hydrogen) atoms. The lowest BCUT2D eigenvalue weighted by atomic mass is 9.96. The molecule has 3 rings (SSSR count). The second-order valence-electron chi connectivity index (χ2n) is 6.80. The molecule has 0 spiro atoms. The van der Waals surface area contributed by atoms with Crippen molar-refractivity contribution in [3.63, 3.8) is 0 Å². The Balaban J connectivity index is 1.48. The molecule has 5 nitrogen and oxygen atoms in total. The highest BCUT2D eigenvalue weighted by molar-refractivity contribution is 5.29. The van der Waals surface area contributed by atoms with Crippen molar-refractivity contribution in [3.05, 3.63) is 18.5 Å². The van der Waals surface area contributed by atoms with E-state index in [9.17, 15) is 0 Å². The summed E-state index contributed by atoms with van der Waals surface area (Å²) in [7, 11) is 0. The van der Waals surface area contributed by atoms with Crippen LogP contribution in [0.2, 0.25) is 0 Å². The van der Waals surface area contributed by atoms with Crippen LogP contribution in [0.25, 0.3) is 0 Å². The van der Waals surface area contributed by atoms with Crippen LogP contribution in [-0.4, -0.2) is 70.6 Å². The monoisotopic (exact) mass is 275 g/mol. The lowest BCUT2D eigenvalue weighted by Crippen LogP contribution is -2.66. The van der Waals surface area contributed by atoms with Crippen LogP contribution in [-0.2, 0) is 0 Å². The highest BCUT2D eigenvalue weighted by atomic mass is 15.4. The Morgan fingerprint density at radius 3 is 2.15 bits per heavy atom.